The number of fused-ring (bicyclic) bond motifs is 1. The third-order valence-corrected chi connectivity index (χ3v) is 4.45. The lowest BCUT2D eigenvalue weighted by Crippen LogP contribution is -2.28. The van der Waals surface area contributed by atoms with Gasteiger partial charge in [0.25, 0.3) is 0 Å². The van der Waals surface area contributed by atoms with Crippen molar-refractivity contribution in [3.05, 3.63) is 30.1 Å². The maximum atomic E-state index is 12.1. The number of esters is 1. The van der Waals surface area contributed by atoms with Gasteiger partial charge in [0.05, 0.1) is 23.2 Å². The van der Waals surface area contributed by atoms with E-state index in [1.54, 1.807) is 6.92 Å². The van der Waals surface area contributed by atoms with Crippen LogP contribution in [0.1, 0.15) is 17.3 Å². The van der Waals surface area contributed by atoms with Gasteiger partial charge >= 0.3 is 16.2 Å². The second kappa shape index (κ2) is 5.22. The molecule has 0 radical (unpaired) electrons. The molecule has 20 heavy (non-hydrogen) atoms. The molecule has 0 bridgehead atoms. The Morgan fingerprint density at radius 1 is 1.40 bits per heavy atom. The average molecular weight is 297 g/mol. The van der Waals surface area contributed by atoms with Crippen LogP contribution in [0.4, 0.5) is 0 Å². The first-order valence-electron chi connectivity index (χ1n) is 5.95. The Kier molecular flexibility index (Phi) is 3.78. The van der Waals surface area contributed by atoms with Gasteiger partial charge < -0.3 is 4.74 Å². The van der Waals surface area contributed by atoms with E-state index in [1.807, 2.05) is 0 Å². The Morgan fingerprint density at radius 2 is 2.10 bits per heavy atom. The van der Waals surface area contributed by atoms with E-state index in [-0.39, 0.29) is 6.61 Å². The first kappa shape index (κ1) is 14.5. The van der Waals surface area contributed by atoms with E-state index in [4.69, 9.17) is 4.74 Å². The lowest BCUT2D eigenvalue weighted by Gasteiger charge is -2.12. The van der Waals surface area contributed by atoms with E-state index in [1.165, 1.54) is 38.6 Å². The van der Waals surface area contributed by atoms with E-state index in [2.05, 4.69) is 4.98 Å². The largest absolute Gasteiger partial charge is 0.462 e. The highest BCUT2D eigenvalue weighted by molar-refractivity contribution is 7.87. The van der Waals surface area contributed by atoms with Crippen LogP contribution in [0, 0.1) is 0 Å². The fraction of sp³-hybridized carbons (Fsp3) is 0.333. The minimum absolute atomic E-state index is 0.278. The van der Waals surface area contributed by atoms with Crippen molar-refractivity contribution in [1.82, 2.24) is 13.3 Å². The fourth-order valence-corrected chi connectivity index (χ4v) is 2.61. The van der Waals surface area contributed by atoms with Crippen molar-refractivity contribution < 1.29 is 17.9 Å². The predicted octanol–water partition coefficient (Wildman–Crippen LogP) is 0.868. The molecule has 1 heterocycles. The summed E-state index contributed by atoms with van der Waals surface area (Å²) in [6.07, 6.45) is 1.22. The molecule has 0 N–H and O–H groups in total. The molecule has 0 unspecified atom stereocenters. The van der Waals surface area contributed by atoms with Gasteiger partial charge in [-0.25, -0.2) is 13.8 Å². The summed E-state index contributed by atoms with van der Waals surface area (Å²) in [4.78, 5) is 15.6. The first-order chi connectivity index (χ1) is 9.37. The molecule has 0 saturated heterocycles. The monoisotopic (exact) mass is 297 g/mol. The van der Waals surface area contributed by atoms with Crippen molar-refractivity contribution in [3.8, 4) is 0 Å². The third kappa shape index (κ3) is 2.39. The molecular weight excluding hydrogens is 282 g/mol. The van der Waals surface area contributed by atoms with E-state index >= 15 is 0 Å². The van der Waals surface area contributed by atoms with Crippen LogP contribution in [0.15, 0.2) is 24.5 Å². The number of ether oxygens (including phenoxy) is 1. The molecule has 108 valence electrons. The predicted molar refractivity (Wildman–Crippen MR) is 73.7 cm³/mol. The molecule has 1 aromatic heterocycles. The summed E-state index contributed by atoms with van der Waals surface area (Å²) >= 11 is 0. The Labute approximate surface area is 117 Å². The summed E-state index contributed by atoms with van der Waals surface area (Å²) < 4.78 is 31.2. The number of carbonyl (C=O) groups excluding carboxylic acids is 1. The molecular formula is C12H15N3O4S. The van der Waals surface area contributed by atoms with Crippen LogP contribution in [-0.2, 0) is 14.9 Å². The van der Waals surface area contributed by atoms with Crippen molar-refractivity contribution in [2.75, 3.05) is 20.7 Å². The number of aromatic nitrogens is 2. The number of nitrogens with zero attached hydrogens (tertiary/aromatic N) is 3. The minimum Gasteiger partial charge on any atom is -0.462 e. The van der Waals surface area contributed by atoms with Crippen molar-refractivity contribution in [2.45, 2.75) is 6.92 Å². The quantitative estimate of drug-likeness (QED) is 0.782. The molecule has 7 nitrogen and oxygen atoms in total. The van der Waals surface area contributed by atoms with E-state index in [0.29, 0.717) is 16.6 Å². The topological polar surface area (TPSA) is 81.5 Å². The molecule has 1 aromatic carbocycles. The van der Waals surface area contributed by atoms with Gasteiger partial charge in [-0.15, -0.1) is 0 Å². The van der Waals surface area contributed by atoms with Gasteiger partial charge in [0.2, 0.25) is 0 Å². The fourth-order valence-electron chi connectivity index (χ4n) is 1.69. The normalized spacial score (nSPS) is 12.0. The Morgan fingerprint density at radius 3 is 2.70 bits per heavy atom. The van der Waals surface area contributed by atoms with Crippen LogP contribution >= 0.6 is 0 Å². The molecule has 2 rings (SSSR count). The molecule has 0 fully saturated rings. The minimum atomic E-state index is -3.63. The van der Waals surface area contributed by atoms with Crippen LogP contribution in [0.25, 0.3) is 11.0 Å². The Bertz CT molecular complexity index is 749. The molecule has 0 aliphatic carbocycles. The van der Waals surface area contributed by atoms with Crippen LogP contribution in [-0.4, -0.2) is 48.4 Å². The van der Waals surface area contributed by atoms with Crippen LogP contribution < -0.4 is 0 Å². The Balaban J connectivity index is 2.52. The third-order valence-electron chi connectivity index (χ3n) is 2.74. The maximum Gasteiger partial charge on any atom is 0.338 e. The molecule has 2 aromatic rings. The number of hydrogen-bond donors (Lipinski definition) is 0. The lowest BCUT2D eigenvalue weighted by molar-refractivity contribution is 0.0526. The highest BCUT2D eigenvalue weighted by atomic mass is 32.2. The summed E-state index contributed by atoms with van der Waals surface area (Å²) in [7, 11) is -0.755. The van der Waals surface area contributed by atoms with Crippen molar-refractivity contribution in [3.63, 3.8) is 0 Å². The van der Waals surface area contributed by atoms with Gasteiger partial charge in [-0.2, -0.15) is 12.7 Å². The zero-order chi connectivity index (χ0) is 14.9. The maximum absolute atomic E-state index is 12.1. The number of imidazole rings is 1. The van der Waals surface area contributed by atoms with Gasteiger partial charge in [-0.05, 0) is 25.1 Å². The summed E-state index contributed by atoms with van der Waals surface area (Å²) in [6, 6.07) is 4.56. The average Bonchev–Trinajstić information content (AvgIpc) is 2.82. The van der Waals surface area contributed by atoms with E-state index in [9.17, 15) is 13.2 Å². The SMILES string of the molecule is CCOC(=O)c1ccc2c(c1)ncn2S(=O)(=O)N(C)C. The second-order valence-electron chi connectivity index (χ2n) is 4.25. The first-order valence-corrected chi connectivity index (χ1v) is 7.35. The zero-order valence-corrected chi connectivity index (χ0v) is 12.2. The highest BCUT2D eigenvalue weighted by Gasteiger charge is 2.20. The van der Waals surface area contributed by atoms with Crippen molar-refractivity contribution in [1.29, 1.82) is 0 Å². The van der Waals surface area contributed by atoms with Crippen molar-refractivity contribution in [2.24, 2.45) is 0 Å². The number of benzene rings is 1. The second-order valence-corrected chi connectivity index (χ2v) is 6.27. The smallest absolute Gasteiger partial charge is 0.338 e. The van der Waals surface area contributed by atoms with Gasteiger partial charge in [0.1, 0.15) is 6.33 Å². The number of rotatable bonds is 4. The van der Waals surface area contributed by atoms with Gasteiger partial charge in [-0.1, -0.05) is 0 Å². The zero-order valence-electron chi connectivity index (χ0n) is 11.4. The molecule has 8 heteroatoms. The molecule has 0 saturated carbocycles. The van der Waals surface area contributed by atoms with Crippen molar-refractivity contribution >= 4 is 27.2 Å². The molecule has 0 aliphatic heterocycles. The van der Waals surface area contributed by atoms with E-state index in [0.717, 1.165) is 8.28 Å². The van der Waals surface area contributed by atoms with Gasteiger partial charge in [0, 0.05) is 14.1 Å². The lowest BCUT2D eigenvalue weighted by atomic mass is 10.2. The summed E-state index contributed by atoms with van der Waals surface area (Å²) in [6.45, 7) is 2.00. The summed E-state index contributed by atoms with van der Waals surface area (Å²) in [5, 5.41) is 0. The standard InChI is InChI=1S/C12H15N3O4S/c1-4-19-12(16)9-5-6-11-10(7-9)13-8-15(11)20(17,18)14(2)3/h5-8H,4H2,1-3H3. The molecule has 0 amide bonds. The van der Waals surface area contributed by atoms with E-state index < -0.39 is 16.2 Å². The highest BCUT2D eigenvalue weighted by Crippen LogP contribution is 2.18. The summed E-state index contributed by atoms with van der Waals surface area (Å²) in [5.41, 5.74) is 1.17. The van der Waals surface area contributed by atoms with Crippen LogP contribution in [0.5, 0.6) is 0 Å². The molecule has 0 atom stereocenters. The molecule has 0 aliphatic rings. The molecule has 0 spiro atoms. The van der Waals surface area contributed by atoms with Crippen LogP contribution in [0.3, 0.4) is 0 Å². The van der Waals surface area contributed by atoms with Gasteiger partial charge in [-0.3, -0.25) is 0 Å². The number of hydrogen-bond acceptors (Lipinski definition) is 5. The number of carbonyl (C=O) groups is 1. The summed E-state index contributed by atoms with van der Waals surface area (Å²) in [5.74, 6) is -0.459. The van der Waals surface area contributed by atoms with Crippen LogP contribution in [0.2, 0.25) is 0 Å². The van der Waals surface area contributed by atoms with Gasteiger partial charge in [0.15, 0.2) is 0 Å². The Hall–Kier alpha value is -1.93.